The fourth-order valence-corrected chi connectivity index (χ4v) is 6.55. The second kappa shape index (κ2) is 8.57. The van der Waals surface area contributed by atoms with Crippen molar-refractivity contribution >= 4 is 59.7 Å². The minimum Gasteiger partial charge on any atom is -0.497 e. The zero-order valence-corrected chi connectivity index (χ0v) is 20.0. The first-order valence-corrected chi connectivity index (χ1v) is 13.0. The molecule has 1 aliphatic heterocycles. The second-order valence-corrected chi connectivity index (χ2v) is 10.8. The summed E-state index contributed by atoms with van der Waals surface area (Å²) in [5.74, 6) is 0.408. The van der Waals surface area contributed by atoms with Gasteiger partial charge in [0.25, 0.3) is 0 Å². The van der Waals surface area contributed by atoms with Crippen LogP contribution in [0.1, 0.15) is 12.0 Å². The Morgan fingerprint density at radius 3 is 2.85 bits per heavy atom. The molecule has 0 bridgehead atoms. The Bertz CT molecular complexity index is 1490. The number of pyridine rings is 1. The number of carbonyl (C=O) groups is 1. The summed E-state index contributed by atoms with van der Waals surface area (Å²) < 4.78 is 34.8. The van der Waals surface area contributed by atoms with Crippen LogP contribution in [-0.2, 0) is 21.4 Å². The molecular weight excluding hydrogens is 482 g/mol. The molecule has 1 N–H and O–H groups in total. The van der Waals surface area contributed by atoms with Crippen LogP contribution in [-0.4, -0.2) is 43.9 Å². The van der Waals surface area contributed by atoms with Gasteiger partial charge in [-0.3, -0.25) is 4.79 Å². The Morgan fingerprint density at radius 1 is 1.21 bits per heavy atom. The normalized spacial score (nSPS) is 16.7. The first-order valence-electron chi connectivity index (χ1n) is 10.3. The predicted molar refractivity (Wildman–Crippen MR) is 129 cm³/mol. The third-order valence-corrected chi connectivity index (χ3v) is 8.73. The van der Waals surface area contributed by atoms with E-state index in [0.717, 1.165) is 26.4 Å². The first kappa shape index (κ1) is 22.1. The Balaban J connectivity index is 1.33. The molecule has 0 spiro atoms. The summed E-state index contributed by atoms with van der Waals surface area (Å²) >= 11 is 7.64. The second-order valence-electron chi connectivity index (χ2n) is 7.84. The largest absolute Gasteiger partial charge is 0.497 e. The summed E-state index contributed by atoms with van der Waals surface area (Å²) in [5.41, 5.74) is 0.972. The van der Waals surface area contributed by atoms with Gasteiger partial charge in [0.15, 0.2) is 0 Å². The van der Waals surface area contributed by atoms with E-state index in [1.54, 1.807) is 42.5 Å². The molecule has 0 radical (unpaired) electrons. The highest BCUT2D eigenvalue weighted by atomic mass is 35.5. The third-order valence-electron chi connectivity index (χ3n) is 5.81. The predicted octanol–water partition coefficient (Wildman–Crippen LogP) is 4.19. The Labute approximate surface area is 200 Å². The number of benzene rings is 2. The van der Waals surface area contributed by atoms with Gasteiger partial charge in [-0.25, -0.2) is 13.4 Å². The van der Waals surface area contributed by atoms with Gasteiger partial charge in [0, 0.05) is 24.7 Å². The Hall–Kier alpha value is -2.72. The van der Waals surface area contributed by atoms with E-state index in [1.165, 1.54) is 11.3 Å². The molecule has 1 aliphatic rings. The van der Waals surface area contributed by atoms with Crippen molar-refractivity contribution in [1.29, 1.82) is 0 Å². The number of thiophene rings is 1. The summed E-state index contributed by atoms with van der Waals surface area (Å²) in [4.78, 5) is 18.9. The highest BCUT2D eigenvalue weighted by Gasteiger charge is 2.35. The molecule has 33 heavy (non-hydrogen) atoms. The van der Waals surface area contributed by atoms with Gasteiger partial charge in [-0.1, -0.05) is 23.7 Å². The number of rotatable bonds is 6. The van der Waals surface area contributed by atoms with E-state index in [0.29, 0.717) is 30.4 Å². The molecule has 1 saturated heterocycles. The van der Waals surface area contributed by atoms with Crippen molar-refractivity contribution in [2.24, 2.45) is 0 Å². The minimum absolute atomic E-state index is 0.112. The zero-order valence-electron chi connectivity index (χ0n) is 17.6. The Morgan fingerprint density at radius 2 is 2.03 bits per heavy atom. The summed E-state index contributed by atoms with van der Waals surface area (Å²) in [7, 11) is -2.31. The first-order chi connectivity index (χ1) is 15.9. The highest BCUT2D eigenvalue weighted by molar-refractivity contribution is 7.89. The van der Waals surface area contributed by atoms with Crippen LogP contribution in [0.15, 0.2) is 58.9 Å². The number of fused-ring (bicyclic) bond motifs is 2. The van der Waals surface area contributed by atoms with E-state index >= 15 is 0 Å². The van der Waals surface area contributed by atoms with Crippen LogP contribution in [0.2, 0.25) is 5.15 Å². The van der Waals surface area contributed by atoms with E-state index < -0.39 is 16.1 Å². The summed E-state index contributed by atoms with van der Waals surface area (Å²) in [6, 6.07) is 11.4. The van der Waals surface area contributed by atoms with Gasteiger partial charge in [0.1, 0.15) is 16.9 Å². The van der Waals surface area contributed by atoms with Crippen molar-refractivity contribution in [3.8, 4) is 5.75 Å². The number of nitrogens with one attached hydrogen (secondary N) is 1. The number of hydrogen-bond donors (Lipinski definition) is 1. The number of aromatic nitrogens is 1. The number of methoxy groups -OCH3 is 1. The average molecular weight is 502 g/mol. The molecular formula is C23H20ClN3O4S2. The van der Waals surface area contributed by atoms with Crippen molar-refractivity contribution in [2.45, 2.75) is 23.9 Å². The molecule has 2 aromatic carbocycles. The lowest BCUT2D eigenvalue weighted by atomic mass is 10.1. The lowest BCUT2D eigenvalue weighted by molar-refractivity contribution is -0.129. The number of ether oxygens (including phenoxy) is 1. The van der Waals surface area contributed by atoms with Crippen LogP contribution in [0.3, 0.4) is 0 Å². The van der Waals surface area contributed by atoms with Crippen molar-refractivity contribution in [3.63, 3.8) is 0 Å². The quantitative estimate of drug-likeness (QED) is 0.400. The molecule has 1 fully saturated rings. The molecule has 2 aromatic heterocycles. The lowest BCUT2D eigenvalue weighted by Crippen LogP contribution is -2.41. The number of likely N-dealkylation sites (tertiary alicyclic amines) is 1. The molecule has 1 amide bonds. The molecule has 5 rings (SSSR count). The van der Waals surface area contributed by atoms with E-state index in [2.05, 4.69) is 9.71 Å². The number of carbonyl (C=O) groups excluding carboxylic acids is 1. The monoisotopic (exact) mass is 501 g/mol. The molecule has 7 nitrogen and oxygen atoms in total. The lowest BCUT2D eigenvalue weighted by Gasteiger charge is -2.17. The van der Waals surface area contributed by atoms with Gasteiger partial charge in [-0.15, -0.1) is 11.3 Å². The van der Waals surface area contributed by atoms with Crippen molar-refractivity contribution in [2.75, 3.05) is 13.7 Å². The summed E-state index contributed by atoms with van der Waals surface area (Å²) in [5, 5.41) is 5.01. The molecule has 1 atom stereocenters. The van der Waals surface area contributed by atoms with Gasteiger partial charge in [-0.2, -0.15) is 4.72 Å². The molecule has 0 unspecified atom stereocenters. The summed E-state index contributed by atoms with van der Waals surface area (Å²) in [6.45, 7) is 0.865. The van der Waals surface area contributed by atoms with Gasteiger partial charge in [-0.05, 0) is 58.5 Å². The Kier molecular flexibility index (Phi) is 5.74. The van der Waals surface area contributed by atoms with E-state index in [-0.39, 0.29) is 10.8 Å². The van der Waals surface area contributed by atoms with E-state index in [9.17, 15) is 13.2 Å². The smallest absolute Gasteiger partial charge is 0.241 e. The minimum atomic E-state index is -3.88. The fraction of sp³-hybridized carbons (Fsp3) is 0.217. The van der Waals surface area contributed by atoms with Gasteiger partial charge in [0.2, 0.25) is 15.9 Å². The molecule has 170 valence electrons. The number of halogens is 1. The van der Waals surface area contributed by atoms with Crippen LogP contribution >= 0.6 is 22.9 Å². The number of sulfonamides is 1. The molecule has 0 aliphatic carbocycles. The average Bonchev–Trinajstić information content (AvgIpc) is 3.38. The van der Waals surface area contributed by atoms with Crippen LogP contribution in [0, 0.1) is 0 Å². The number of hydrogen-bond acceptors (Lipinski definition) is 6. The molecule has 3 heterocycles. The highest BCUT2D eigenvalue weighted by Crippen LogP contribution is 2.32. The van der Waals surface area contributed by atoms with Gasteiger partial charge in [0.05, 0.1) is 16.7 Å². The number of nitrogens with zero attached hydrogens (tertiary/aromatic N) is 2. The van der Waals surface area contributed by atoms with Crippen LogP contribution in [0.4, 0.5) is 0 Å². The van der Waals surface area contributed by atoms with Crippen LogP contribution in [0.5, 0.6) is 5.75 Å². The SMILES string of the molecule is COc1ccc2ccc(S(=O)(=O)N[C@H]3CCN(Cc4csc5c(Cl)nccc45)C3=O)cc2c1. The molecule has 0 saturated carbocycles. The number of amides is 1. The fourth-order valence-electron chi connectivity index (χ4n) is 4.07. The maximum atomic E-state index is 13.0. The van der Waals surface area contributed by atoms with Gasteiger partial charge >= 0.3 is 0 Å². The topological polar surface area (TPSA) is 88.6 Å². The van der Waals surface area contributed by atoms with E-state index in [1.807, 2.05) is 23.6 Å². The summed E-state index contributed by atoms with van der Waals surface area (Å²) in [6.07, 6.45) is 2.05. The van der Waals surface area contributed by atoms with Crippen molar-refractivity contribution in [1.82, 2.24) is 14.6 Å². The standard InChI is InChI=1S/C23H20ClN3O4S2/c1-31-17-4-2-14-3-5-18(11-15(14)10-17)33(29,30)26-20-7-9-27(23(20)28)12-16-13-32-21-19(16)6-8-25-22(21)24/h2-6,8,10-11,13,20,26H,7,9,12H2,1H3/t20-/m0/s1. The van der Waals surface area contributed by atoms with E-state index in [4.69, 9.17) is 16.3 Å². The maximum absolute atomic E-state index is 13.0. The van der Waals surface area contributed by atoms with Crippen molar-refractivity contribution in [3.05, 3.63) is 64.8 Å². The molecule has 10 heteroatoms. The van der Waals surface area contributed by atoms with Crippen LogP contribution < -0.4 is 9.46 Å². The van der Waals surface area contributed by atoms with Gasteiger partial charge < -0.3 is 9.64 Å². The third kappa shape index (κ3) is 4.17. The maximum Gasteiger partial charge on any atom is 0.241 e. The van der Waals surface area contributed by atoms with Crippen LogP contribution in [0.25, 0.3) is 20.9 Å². The van der Waals surface area contributed by atoms with Crippen molar-refractivity contribution < 1.29 is 17.9 Å². The zero-order chi connectivity index (χ0) is 23.2. The molecule has 4 aromatic rings.